The summed E-state index contributed by atoms with van der Waals surface area (Å²) >= 11 is 2.07. The summed E-state index contributed by atoms with van der Waals surface area (Å²) in [6.07, 6.45) is -1.33. The van der Waals surface area contributed by atoms with E-state index in [2.05, 4.69) is 15.9 Å². The second-order valence-corrected chi connectivity index (χ2v) is 3.66. The minimum Gasteiger partial charge on any atom is -0.463 e. The van der Waals surface area contributed by atoms with E-state index in [4.69, 9.17) is 9.52 Å². The molecule has 1 N–H and O–H groups in total. The van der Waals surface area contributed by atoms with Crippen molar-refractivity contribution in [3.63, 3.8) is 0 Å². The molecule has 1 aromatic rings. The molecule has 0 radical (unpaired) electrons. The van der Waals surface area contributed by atoms with Crippen molar-refractivity contribution >= 4 is 15.9 Å². The largest absolute Gasteiger partial charge is 0.463 e. The van der Waals surface area contributed by atoms with Crippen LogP contribution >= 0.6 is 15.9 Å². The van der Waals surface area contributed by atoms with Gasteiger partial charge in [-0.25, -0.2) is 0 Å². The number of hydrogen-bond donors (Lipinski definition) is 1. The van der Waals surface area contributed by atoms with Crippen LogP contribution < -0.4 is 0 Å². The summed E-state index contributed by atoms with van der Waals surface area (Å²) in [6, 6.07) is 2.91. The lowest BCUT2D eigenvalue weighted by molar-refractivity contribution is -0.0406. The van der Waals surface area contributed by atoms with E-state index in [0.717, 1.165) is 0 Å². The Morgan fingerprint density at radius 3 is 2.62 bits per heavy atom. The molecule has 0 aliphatic rings. The predicted octanol–water partition coefficient (Wildman–Crippen LogP) is 2.86. The van der Waals surface area contributed by atoms with Crippen LogP contribution in [0, 0.1) is 0 Å². The summed E-state index contributed by atoms with van der Waals surface area (Å²) in [4.78, 5) is -3.35. The molecule has 0 spiro atoms. The van der Waals surface area contributed by atoms with E-state index in [1.54, 1.807) is 6.07 Å². The van der Waals surface area contributed by atoms with Crippen LogP contribution in [0.3, 0.4) is 0 Å². The Kier molecular flexibility index (Phi) is 3.08. The Hall–Kier alpha value is -0.420. The molecule has 0 aliphatic carbocycles. The molecule has 1 atom stereocenters. The maximum Gasteiger partial charge on any atom is 0.333 e. The monoisotopic (exact) mass is 254 g/mol. The number of aliphatic hydroxyl groups is 1. The number of hydrogen-bond acceptors (Lipinski definition) is 2. The van der Waals surface area contributed by atoms with Crippen LogP contribution in [0.5, 0.6) is 0 Å². The molecule has 13 heavy (non-hydrogen) atoms. The van der Waals surface area contributed by atoms with Crippen LogP contribution in [0.2, 0.25) is 0 Å². The zero-order chi connectivity index (χ0) is 10.1. The molecular formula is C8H9BrF2O2. The van der Waals surface area contributed by atoms with Gasteiger partial charge in [-0.3, -0.25) is 0 Å². The zero-order valence-electron chi connectivity index (χ0n) is 6.93. The SMILES string of the molecule is CCc1ccc(C(O)C(F)(F)Br)o1. The molecule has 1 aromatic heterocycles. The molecule has 0 saturated carbocycles. The van der Waals surface area contributed by atoms with Gasteiger partial charge in [0.05, 0.1) is 0 Å². The van der Waals surface area contributed by atoms with E-state index >= 15 is 0 Å². The normalized spacial score (nSPS) is 14.5. The minimum atomic E-state index is -3.35. The van der Waals surface area contributed by atoms with E-state index < -0.39 is 10.9 Å². The van der Waals surface area contributed by atoms with Crippen molar-refractivity contribution in [2.75, 3.05) is 0 Å². The highest BCUT2D eigenvalue weighted by Gasteiger charge is 2.38. The maximum atomic E-state index is 12.5. The lowest BCUT2D eigenvalue weighted by Crippen LogP contribution is -2.17. The third kappa shape index (κ3) is 2.51. The van der Waals surface area contributed by atoms with Crippen LogP contribution in [0.15, 0.2) is 16.5 Å². The zero-order valence-corrected chi connectivity index (χ0v) is 8.51. The lowest BCUT2D eigenvalue weighted by Gasteiger charge is -2.13. The molecular weight excluding hydrogens is 246 g/mol. The second-order valence-electron chi connectivity index (χ2n) is 2.60. The first kappa shape index (κ1) is 10.7. The van der Waals surface area contributed by atoms with Crippen molar-refractivity contribution in [3.8, 4) is 0 Å². The first-order valence-corrected chi connectivity index (χ1v) is 4.58. The van der Waals surface area contributed by atoms with Crippen molar-refractivity contribution in [2.24, 2.45) is 0 Å². The molecule has 0 aromatic carbocycles. The van der Waals surface area contributed by atoms with Gasteiger partial charge in [-0.1, -0.05) is 6.92 Å². The van der Waals surface area contributed by atoms with Gasteiger partial charge >= 0.3 is 4.83 Å². The first-order valence-electron chi connectivity index (χ1n) is 3.78. The minimum absolute atomic E-state index is 0.126. The van der Waals surface area contributed by atoms with Crippen molar-refractivity contribution in [1.82, 2.24) is 0 Å². The number of aryl methyl sites for hydroxylation is 1. The highest BCUT2D eigenvalue weighted by molar-refractivity contribution is 9.10. The molecule has 2 nitrogen and oxygen atoms in total. The fourth-order valence-corrected chi connectivity index (χ4v) is 1.12. The number of alkyl halides is 3. The van der Waals surface area contributed by atoms with Gasteiger partial charge in [0.1, 0.15) is 11.5 Å². The van der Waals surface area contributed by atoms with E-state index in [9.17, 15) is 8.78 Å². The Morgan fingerprint density at radius 1 is 1.62 bits per heavy atom. The fraction of sp³-hybridized carbons (Fsp3) is 0.500. The third-order valence-corrected chi connectivity index (χ3v) is 2.04. The maximum absolute atomic E-state index is 12.5. The highest BCUT2D eigenvalue weighted by Crippen LogP contribution is 2.37. The number of halogens is 3. The Labute approximate surface area is 82.7 Å². The van der Waals surface area contributed by atoms with Gasteiger partial charge in [0.25, 0.3) is 0 Å². The van der Waals surface area contributed by atoms with Crippen LogP contribution in [0.1, 0.15) is 24.5 Å². The van der Waals surface area contributed by atoms with Crippen molar-refractivity contribution in [1.29, 1.82) is 0 Å². The summed E-state index contributed by atoms with van der Waals surface area (Å²) in [5.41, 5.74) is 0. The fourth-order valence-electron chi connectivity index (χ4n) is 0.893. The van der Waals surface area contributed by atoms with Crippen LogP contribution in [-0.4, -0.2) is 9.94 Å². The van der Waals surface area contributed by atoms with Crippen molar-refractivity contribution in [3.05, 3.63) is 23.7 Å². The van der Waals surface area contributed by atoms with Gasteiger partial charge in [-0.15, -0.1) is 0 Å². The summed E-state index contributed by atoms with van der Waals surface area (Å²) in [5, 5.41) is 9.08. The van der Waals surface area contributed by atoms with E-state index in [1.165, 1.54) is 6.07 Å². The molecule has 1 unspecified atom stereocenters. The van der Waals surface area contributed by atoms with Gasteiger partial charge in [-0.05, 0) is 28.1 Å². The molecule has 74 valence electrons. The van der Waals surface area contributed by atoms with Crippen LogP contribution in [0.25, 0.3) is 0 Å². The quantitative estimate of drug-likeness (QED) is 0.842. The lowest BCUT2D eigenvalue weighted by atomic mass is 10.3. The summed E-state index contributed by atoms with van der Waals surface area (Å²) in [6.45, 7) is 1.83. The van der Waals surface area contributed by atoms with Gasteiger partial charge in [0, 0.05) is 6.42 Å². The Morgan fingerprint density at radius 2 is 2.23 bits per heavy atom. The molecule has 0 amide bonds. The standard InChI is InChI=1S/C8H9BrF2O2/c1-2-5-3-4-6(13-5)7(12)8(9,10)11/h3-4,7,12H,2H2,1H3. The van der Waals surface area contributed by atoms with Crippen LogP contribution in [0.4, 0.5) is 8.78 Å². The van der Waals surface area contributed by atoms with Crippen molar-refractivity contribution in [2.45, 2.75) is 24.3 Å². The highest BCUT2D eigenvalue weighted by atomic mass is 79.9. The van der Waals surface area contributed by atoms with E-state index in [-0.39, 0.29) is 5.76 Å². The van der Waals surface area contributed by atoms with E-state index in [1.807, 2.05) is 6.92 Å². The second kappa shape index (κ2) is 3.75. The molecule has 1 rings (SSSR count). The molecule has 0 fully saturated rings. The van der Waals surface area contributed by atoms with E-state index in [0.29, 0.717) is 12.2 Å². The molecule has 0 bridgehead atoms. The van der Waals surface area contributed by atoms with Gasteiger partial charge in [0.15, 0.2) is 6.10 Å². The van der Waals surface area contributed by atoms with Gasteiger partial charge in [0.2, 0.25) is 0 Å². The average Bonchev–Trinajstić information content (AvgIpc) is 2.48. The molecule has 0 saturated heterocycles. The first-order chi connectivity index (χ1) is 5.95. The van der Waals surface area contributed by atoms with Gasteiger partial charge < -0.3 is 9.52 Å². The molecule has 5 heteroatoms. The topological polar surface area (TPSA) is 33.4 Å². The number of rotatable bonds is 3. The third-order valence-electron chi connectivity index (χ3n) is 1.61. The van der Waals surface area contributed by atoms with Crippen molar-refractivity contribution < 1.29 is 18.3 Å². The van der Waals surface area contributed by atoms with Gasteiger partial charge in [-0.2, -0.15) is 8.78 Å². The predicted molar refractivity (Wildman–Crippen MR) is 46.9 cm³/mol. The summed E-state index contributed by atoms with van der Waals surface area (Å²) in [5.74, 6) is 0.449. The smallest absolute Gasteiger partial charge is 0.333 e. The molecule has 0 aliphatic heterocycles. The average molecular weight is 255 g/mol. The summed E-state index contributed by atoms with van der Waals surface area (Å²) in [7, 11) is 0. The Balaban J connectivity index is 2.83. The molecule has 1 heterocycles. The number of aliphatic hydroxyl groups excluding tert-OH is 1. The van der Waals surface area contributed by atoms with Crippen LogP contribution in [-0.2, 0) is 6.42 Å². The Bertz CT molecular complexity index is 280. The summed E-state index contributed by atoms with van der Waals surface area (Å²) < 4.78 is 30.0. The number of furan rings is 1.